The van der Waals surface area contributed by atoms with Gasteiger partial charge in [-0.3, -0.25) is 0 Å². The Morgan fingerprint density at radius 1 is 1.50 bits per heavy atom. The normalized spacial score (nSPS) is 11.6. The lowest BCUT2D eigenvalue weighted by Gasteiger charge is -2.15. The van der Waals surface area contributed by atoms with E-state index in [1.807, 2.05) is 24.3 Å². The first kappa shape index (κ1) is 14.3. The molecule has 96 valence electrons. The van der Waals surface area contributed by atoms with Crippen molar-refractivity contribution in [1.82, 2.24) is 5.32 Å². The van der Waals surface area contributed by atoms with Crippen molar-refractivity contribution in [3.8, 4) is 11.8 Å². The van der Waals surface area contributed by atoms with Gasteiger partial charge in [0.15, 0.2) is 0 Å². The average Bonchev–Trinajstić information content (AvgIpc) is 2.42. The van der Waals surface area contributed by atoms with Gasteiger partial charge < -0.3 is 10.1 Å². The molecule has 1 atom stereocenters. The van der Waals surface area contributed by atoms with Gasteiger partial charge in [-0.25, -0.2) is 0 Å². The maximum Gasteiger partial charge on any atom is 0.124 e. The van der Waals surface area contributed by atoms with Crippen molar-refractivity contribution >= 4 is 0 Å². The Morgan fingerprint density at radius 3 is 2.94 bits per heavy atom. The van der Waals surface area contributed by atoms with Gasteiger partial charge in [0.2, 0.25) is 0 Å². The van der Waals surface area contributed by atoms with Crippen LogP contribution < -0.4 is 10.1 Å². The Balaban J connectivity index is 2.60. The molecular weight excluding hydrogens is 224 g/mol. The fourth-order valence-corrected chi connectivity index (χ4v) is 1.66. The Kier molecular flexibility index (Phi) is 6.60. The third kappa shape index (κ3) is 4.60. The van der Waals surface area contributed by atoms with Gasteiger partial charge >= 0.3 is 0 Å². The molecule has 0 amide bonds. The fraction of sp³-hybridized carbons (Fsp3) is 0.400. The van der Waals surface area contributed by atoms with Crippen LogP contribution in [0.3, 0.4) is 0 Å². The highest BCUT2D eigenvalue weighted by Gasteiger charge is 2.07. The first-order valence-electron chi connectivity index (χ1n) is 6.23. The number of ether oxygens (including phenoxy) is 1. The van der Waals surface area contributed by atoms with E-state index in [1.54, 1.807) is 6.08 Å². The van der Waals surface area contributed by atoms with E-state index >= 15 is 0 Å². The quantitative estimate of drug-likeness (QED) is 0.715. The second-order valence-electron chi connectivity index (χ2n) is 4.06. The zero-order valence-corrected chi connectivity index (χ0v) is 10.9. The summed E-state index contributed by atoms with van der Waals surface area (Å²) in [7, 11) is 0. The SMILES string of the molecule is C=CCOc1ccccc1CNC(CC)CC#N. The molecule has 1 rings (SSSR count). The van der Waals surface area contributed by atoms with Crippen molar-refractivity contribution in [2.75, 3.05) is 6.61 Å². The minimum atomic E-state index is 0.238. The van der Waals surface area contributed by atoms with Crippen LogP contribution in [0.1, 0.15) is 25.3 Å². The number of nitrogens with zero attached hydrogens (tertiary/aromatic N) is 1. The van der Waals surface area contributed by atoms with Gasteiger partial charge in [-0.05, 0) is 12.5 Å². The molecule has 1 N–H and O–H groups in total. The molecule has 0 spiro atoms. The Morgan fingerprint density at radius 2 is 2.28 bits per heavy atom. The van der Waals surface area contributed by atoms with Crippen molar-refractivity contribution < 1.29 is 4.74 Å². The summed E-state index contributed by atoms with van der Waals surface area (Å²) in [6.45, 7) is 6.94. The Hall–Kier alpha value is -1.79. The van der Waals surface area contributed by atoms with Crippen LogP contribution in [-0.2, 0) is 6.54 Å². The van der Waals surface area contributed by atoms with E-state index in [9.17, 15) is 0 Å². The lowest BCUT2D eigenvalue weighted by atomic mass is 10.1. The summed E-state index contributed by atoms with van der Waals surface area (Å²) in [6.07, 6.45) is 3.21. The lowest BCUT2D eigenvalue weighted by Crippen LogP contribution is -2.27. The van der Waals surface area contributed by atoms with Crippen LogP contribution in [-0.4, -0.2) is 12.6 Å². The van der Waals surface area contributed by atoms with Crippen LogP contribution >= 0.6 is 0 Å². The highest BCUT2D eigenvalue weighted by atomic mass is 16.5. The molecule has 1 aromatic rings. The molecule has 0 radical (unpaired) electrons. The van der Waals surface area contributed by atoms with E-state index in [2.05, 4.69) is 24.9 Å². The molecule has 0 heterocycles. The number of rotatable bonds is 8. The molecule has 1 aromatic carbocycles. The molecule has 3 heteroatoms. The summed E-state index contributed by atoms with van der Waals surface area (Å²) in [5.41, 5.74) is 1.11. The standard InChI is InChI=1S/C15H20N2O/c1-3-11-18-15-8-6-5-7-13(15)12-17-14(4-2)9-10-16/h3,5-8,14,17H,1,4,9,11-12H2,2H3. The Bertz CT molecular complexity index is 409. The monoisotopic (exact) mass is 244 g/mol. The molecule has 0 saturated heterocycles. The number of nitrogens with one attached hydrogen (secondary N) is 1. The van der Waals surface area contributed by atoms with E-state index in [0.29, 0.717) is 19.6 Å². The maximum absolute atomic E-state index is 8.71. The number of para-hydroxylation sites is 1. The van der Waals surface area contributed by atoms with Crippen molar-refractivity contribution in [3.63, 3.8) is 0 Å². The van der Waals surface area contributed by atoms with Crippen molar-refractivity contribution in [2.45, 2.75) is 32.4 Å². The molecular formula is C15H20N2O. The van der Waals surface area contributed by atoms with Gasteiger partial charge in [-0.2, -0.15) is 5.26 Å². The minimum Gasteiger partial charge on any atom is -0.489 e. The predicted octanol–water partition coefficient (Wildman–Crippen LogP) is 3.03. The first-order valence-corrected chi connectivity index (χ1v) is 6.23. The molecule has 1 unspecified atom stereocenters. The van der Waals surface area contributed by atoms with Gasteiger partial charge in [-0.15, -0.1) is 0 Å². The summed E-state index contributed by atoms with van der Waals surface area (Å²) in [4.78, 5) is 0. The van der Waals surface area contributed by atoms with E-state index in [1.165, 1.54) is 0 Å². The summed E-state index contributed by atoms with van der Waals surface area (Å²) in [5.74, 6) is 0.872. The number of hydrogen-bond acceptors (Lipinski definition) is 3. The van der Waals surface area contributed by atoms with Gasteiger partial charge in [0.1, 0.15) is 12.4 Å². The lowest BCUT2D eigenvalue weighted by molar-refractivity contribution is 0.356. The van der Waals surface area contributed by atoms with Crippen LogP contribution in [0, 0.1) is 11.3 Å². The van der Waals surface area contributed by atoms with Crippen LogP contribution in [0.4, 0.5) is 0 Å². The van der Waals surface area contributed by atoms with Gasteiger partial charge in [0.05, 0.1) is 12.5 Å². The second-order valence-corrected chi connectivity index (χ2v) is 4.06. The van der Waals surface area contributed by atoms with E-state index < -0.39 is 0 Å². The van der Waals surface area contributed by atoms with E-state index in [0.717, 1.165) is 17.7 Å². The predicted molar refractivity (Wildman–Crippen MR) is 73.3 cm³/mol. The van der Waals surface area contributed by atoms with Gasteiger partial charge in [0.25, 0.3) is 0 Å². The topological polar surface area (TPSA) is 45.0 Å². The summed E-state index contributed by atoms with van der Waals surface area (Å²) in [5, 5.41) is 12.1. The highest BCUT2D eigenvalue weighted by molar-refractivity contribution is 5.33. The molecule has 0 aromatic heterocycles. The minimum absolute atomic E-state index is 0.238. The number of hydrogen-bond donors (Lipinski definition) is 1. The van der Waals surface area contributed by atoms with Crippen molar-refractivity contribution in [3.05, 3.63) is 42.5 Å². The molecule has 0 saturated carbocycles. The van der Waals surface area contributed by atoms with Crippen molar-refractivity contribution in [2.24, 2.45) is 0 Å². The van der Waals surface area contributed by atoms with Crippen LogP contribution in [0.5, 0.6) is 5.75 Å². The smallest absolute Gasteiger partial charge is 0.124 e. The van der Waals surface area contributed by atoms with Gasteiger partial charge in [-0.1, -0.05) is 37.8 Å². The van der Waals surface area contributed by atoms with Crippen molar-refractivity contribution in [1.29, 1.82) is 5.26 Å². The van der Waals surface area contributed by atoms with Crippen LogP contribution in [0.2, 0.25) is 0 Å². The van der Waals surface area contributed by atoms with Gasteiger partial charge in [0, 0.05) is 18.2 Å². The third-order valence-corrected chi connectivity index (χ3v) is 2.74. The summed E-state index contributed by atoms with van der Waals surface area (Å²) in [6, 6.07) is 10.4. The van der Waals surface area contributed by atoms with Crippen LogP contribution in [0.25, 0.3) is 0 Å². The average molecular weight is 244 g/mol. The largest absolute Gasteiger partial charge is 0.489 e. The fourth-order valence-electron chi connectivity index (χ4n) is 1.66. The Labute approximate surface area is 109 Å². The summed E-state index contributed by atoms with van der Waals surface area (Å²) >= 11 is 0. The molecule has 0 bridgehead atoms. The first-order chi connectivity index (χ1) is 8.81. The zero-order chi connectivity index (χ0) is 13.2. The molecule has 0 aliphatic heterocycles. The zero-order valence-electron chi connectivity index (χ0n) is 10.9. The number of benzene rings is 1. The number of nitriles is 1. The second kappa shape index (κ2) is 8.32. The van der Waals surface area contributed by atoms with E-state index in [4.69, 9.17) is 10.00 Å². The molecule has 0 aliphatic rings. The van der Waals surface area contributed by atoms with Crippen LogP contribution in [0.15, 0.2) is 36.9 Å². The molecule has 18 heavy (non-hydrogen) atoms. The third-order valence-electron chi connectivity index (χ3n) is 2.74. The summed E-state index contributed by atoms with van der Waals surface area (Å²) < 4.78 is 5.59. The molecule has 0 aliphatic carbocycles. The highest BCUT2D eigenvalue weighted by Crippen LogP contribution is 2.18. The van der Waals surface area contributed by atoms with E-state index in [-0.39, 0.29) is 6.04 Å². The molecule has 3 nitrogen and oxygen atoms in total. The molecule has 0 fully saturated rings. The maximum atomic E-state index is 8.71.